The van der Waals surface area contributed by atoms with Crippen LogP contribution in [-0.2, 0) is 9.59 Å². The minimum atomic E-state index is -0.661. The summed E-state index contributed by atoms with van der Waals surface area (Å²) in [7, 11) is 5.79. The second-order valence-electron chi connectivity index (χ2n) is 6.89. The largest absolute Gasteiger partial charge is 0.395 e. The number of hydrogen-bond donors (Lipinski definition) is 1. The molecule has 5 heteroatoms. The Bertz CT molecular complexity index is 781. The van der Waals surface area contributed by atoms with Crippen molar-refractivity contribution >= 4 is 22.9 Å². The van der Waals surface area contributed by atoms with Crippen molar-refractivity contribution in [2.24, 2.45) is 0 Å². The van der Waals surface area contributed by atoms with Crippen molar-refractivity contribution in [3.8, 4) is 0 Å². The van der Waals surface area contributed by atoms with Crippen LogP contribution in [0.25, 0.3) is 0 Å². The Morgan fingerprint density at radius 1 is 0.769 bits per heavy atom. The summed E-state index contributed by atoms with van der Waals surface area (Å²) in [4.78, 5) is 29.2. The van der Waals surface area contributed by atoms with Crippen molar-refractivity contribution in [1.29, 1.82) is 0 Å². The van der Waals surface area contributed by atoms with Gasteiger partial charge >= 0.3 is 0 Å². The van der Waals surface area contributed by atoms with Crippen molar-refractivity contribution in [3.63, 3.8) is 0 Å². The quantitative estimate of drug-likeness (QED) is 0.808. The Hall–Kier alpha value is -2.66. The highest BCUT2D eigenvalue weighted by atomic mass is 16.3. The van der Waals surface area contributed by atoms with Crippen molar-refractivity contribution in [2.75, 3.05) is 44.1 Å². The van der Waals surface area contributed by atoms with Gasteiger partial charge in [0.05, 0.1) is 6.61 Å². The van der Waals surface area contributed by atoms with Gasteiger partial charge in [0.1, 0.15) is 11.8 Å². The number of benzene rings is 2. The fourth-order valence-electron chi connectivity index (χ4n) is 3.34. The van der Waals surface area contributed by atoms with Gasteiger partial charge in [0.15, 0.2) is 11.6 Å². The van der Waals surface area contributed by atoms with Crippen molar-refractivity contribution < 1.29 is 14.7 Å². The summed E-state index contributed by atoms with van der Waals surface area (Å²) in [5.41, 5.74) is 3.48. The summed E-state index contributed by atoms with van der Waals surface area (Å²) >= 11 is 0. The molecule has 1 saturated carbocycles. The molecule has 0 heterocycles. The third-order valence-corrected chi connectivity index (χ3v) is 4.98. The number of ketones is 2. The summed E-state index contributed by atoms with van der Waals surface area (Å²) in [6.45, 7) is 0.609. The SMILES string of the molecule is CN(C)c1ccc(C2C(=O)C(c3ccc(N(C)CCO)cc3)C2=O)cc1. The van der Waals surface area contributed by atoms with E-state index in [-0.39, 0.29) is 18.2 Å². The number of anilines is 2. The molecule has 1 fully saturated rings. The van der Waals surface area contributed by atoms with Crippen molar-refractivity contribution in [2.45, 2.75) is 11.8 Å². The van der Waals surface area contributed by atoms with E-state index in [2.05, 4.69) is 0 Å². The number of carbonyl (C=O) groups excluding carboxylic acids is 2. The molecule has 136 valence electrons. The topological polar surface area (TPSA) is 60.9 Å². The first-order valence-electron chi connectivity index (χ1n) is 8.70. The summed E-state index contributed by atoms with van der Waals surface area (Å²) in [5.74, 6) is -1.38. The van der Waals surface area contributed by atoms with E-state index in [1.54, 1.807) is 0 Å². The Balaban J connectivity index is 1.74. The van der Waals surface area contributed by atoms with Crippen LogP contribution in [-0.4, -0.2) is 51.0 Å². The summed E-state index contributed by atoms with van der Waals surface area (Å²) in [6.07, 6.45) is 0. The summed E-state index contributed by atoms with van der Waals surface area (Å²) in [5, 5.41) is 9.01. The molecule has 0 unspecified atom stereocenters. The molecule has 2 aromatic rings. The normalized spacial score (nSPS) is 19.2. The van der Waals surface area contributed by atoms with Gasteiger partial charge in [0.25, 0.3) is 0 Å². The number of aliphatic hydroxyl groups excluding tert-OH is 1. The van der Waals surface area contributed by atoms with Gasteiger partial charge < -0.3 is 14.9 Å². The molecule has 26 heavy (non-hydrogen) atoms. The molecule has 0 saturated heterocycles. The number of Topliss-reactive ketones (excluding diaryl/α,β-unsaturated/α-hetero) is 2. The molecule has 3 rings (SSSR count). The van der Waals surface area contributed by atoms with Gasteiger partial charge in [0, 0.05) is 39.1 Å². The third kappa shape index (κ3) is 3.22. The Labute approximate surface area is 153 Å². The van der Waals surface area contributed by atoms with E-state index < -0.39 is 11.8 Å². The average molecular weight is 352 g/mol. The molecule has 0 atom stereocenters. The fraction of sp³-hybridized carbons (Fsp3) is 0.333. The fourth-order valence-corrected chi connectivity index (χ4v) is 3.34. The lowest BCUT2D eigenvalue weighted by atomic mass is 9.66. The number of nitrogens with zero attached hydrogens (tertiary/aromatic N) is 2. The van der Waals surface area contributed by atoms with Crippen LogP contribution < -0.4 is 9.80 Å². The van der Waals surface area contributed by atoms with Crippen LogP contribution in [0.4, 0.5) is 11.4 Å². The number of carbonyl (C=O) groups is 2. The van der Waals surface area contributed by atoms with Crippen LogP contribution in [0.1, 0.15) is 23.0 Å². The zero-order valence-electron chi connectivity index (χ0n) is 15.3. The standard InChI is InChI=1S/C21H24N2O3/c1-22(2)16-8-4-14(5-9-16)18-20(25)19(21(18)26)15-6-10-17(11-7-15)23(3)12-13-24/h4-11,18-19,24H,12-13H2,1-3H3. The number of aliphatic hydroxyl groups is 1. The minimum Gasteiger partial charge on any atom is -0.395 e. The lowest BCUT2D eigenvalue weighted by Gasteiger charge is -2.33. The molecular formula is C21H24N2O3. The summed E-state index contributed by atoms with van der Waals surface area (Å²) < 4.78 is 0. The third-order valence-electron chi connectivity index (χ3n) is 4.98. The molecule has 5 nitrogen and oxygen atoms in total. The predicted octanol–water partition coefficient (Wildman–Crippen LogP) is 2.20. The second kappa shape index (κ2) is 7.30. The maximum Gasteiger partial charge on any atom is 0.162 e. The summed E-state index contributed by atoms with van der Waals surface area (Å²) in [6, 6.07) is 15.0. The Kier molecular flexibility index (Phi) is 5.09. The second-order valence-corrected chi connectivity index (χ2v) is 6.89. The van der Waals surface area contributed by atoms with Gasteiger partial charge in [-0.2, -0.15) is 0 Å². The predicted molar refractivity (Wildman–Crippen MR) is 103 cm³/mol. The van der Waals surface area contributed by atoms with Gasteiger partial charge in [0.2, 0.25) is 0 Å². The average Bonchev–Trinajstić information content (AvgIpc) is 2.63. The molecule has 0 radical (unpaired) electrons. The Morgan fingerprint density at radius 2 is 1.19 bits per heavy atom. The molecule has 0 bridgehead atoms. The Morgan fingerprint density at radius 3 is 1.58 bits per heavy atom. The number of hydrogen-bond acceptors (Lipinski definition) is 5. The minimum absolute atomic E-state index is 0.0379. The van der Waals surface area contributed by atoms with Crippen LogP contribution in [0.3, 0.4) is 0 Å². The molecule has 2 aromatic carbocycles. The van der Waals surface area contributed by atoms with E-state index >= 15 is 0 Å². The van der Waals surface area contributed by atoms with Crippen LogP contribution >= 0.6 is 0 Å². The van der Waals surface area contributed by atoms with E-state index in [4.69, 9.17) is 5.11 Å². The molecule has 0 spiro atoms. The zero-order chi connectivity index (χ0) is 18.8. The highest BCUT2D eigenvalue weighted by molar-refractivity contribution is 6.31. The monoisotopic (exact) mass is 352 g/mol. The molecule has 1 aliphatic carbocycles. The van der Waals surface area contributed by atoms with E-state index in [1.165, 1.54) is 0 Å². The van der Waals surface area contributed by atoms with Crippen molar-refractivity contribution in [3.05, 3.63) is 59.7 Å². The van der Waals surface area contributed by atoms with Gasteiger partial charge in [-0.25, -0.2) is 0 Å². The maximum atomic E-state index is 12.6. The van der Waals surface area contributed by atoms with E-state index in [9.17, 15) is 9.59 Å². The first-order valence-corrected chi connectivity index (χ1v) is 8.70. The lowest BCUT2D eigenvalue weighted by Crippen LogP contribution is -2.44. The van der Waals surface area contributed by atoms with Crippen LogP contribution in [0.15, 0.2) is 48.5 Å². The van der Waals surface area contributed by atoms with Gasteiger partial charge in [-0.15, -0.1) is 0 Å². The van der Waals surface area contributed by atoms with Gasteiger partial charge in [-0.3, -0.25) is 9.59 Å². The van der Waals surface area contributed by atoms with E-state index in [0.29, 0.717) is 6.54 Å². The first kappa shape index (κ1) is 18.1. The number of likely N-dealkylation sites (N-methyl/N-ethyl adjacent to an activating group) is 1. The van der Waals surface area contributed by atoms with Crippen LogP contribution in [0, 0.1) is 0 Å². The molecule has 0 aliphatic heterocycles. The molecule has 1 N–H and O–H groups in total. The highest BCUT2D eigenvalue weighted by Gasteiger charge is 2.50. The molecule has 0 amide bonds. The maximum absolute atomic E-state index is 12.6. The van der Waals surface area contributed by atoms with E-state index in [0.717, 1.165) is 22.5 Å². The van der Waals surface area contributed by atoms with Gasteiger partial charge in [-0.1, -0.05) is 24.3 Å². The smallest absolute Gasteiger partial charge is 0.162 e. The van der Waals surface area contributed by atoms with Crippen LogP contribution in [0.2, 0.25) is 0 Å². The zero-order valence-corrected chi connectivity index (χ0v) is 15.3. The molecule has 1 aliphatic rings. The number of rotatable bonds is 6. The molecular weight excluding hydrogens is 328 g/mol. The van der Waals surface area contributed by atoms with E-state index in [1.807, 2.05) is 79.5 Å². The highest BCUT2D eigenvalue weighted by Crippen LogP contribution is 2.41. The first-order chi connectivity index (χ1) is 12.4. The lowest BCUT2D eigenvalue weighted by molar-refractivity contribution is -0.142. The molecule has 0 aromatic heterocycles. The van der Waals surface area contributed by atoms with Crippen LogP contribution in [0.5, 0.6) is 0 Å². The van der Waals surface area contributed by atoms with Crippen molar-refractivity contribution in [1.82, 2.24) is 0 Å². The van der Waals surface area contributed by atoms with Gasteiger partial charge in [-0.05, 0) is 35.4 Å².